The van der Waals surface area contributed by atoms with Gasteiger partial charge in [-0.3, -0.25) is 0 Å². The van der Waals surface area contributed by atoms with Gasteiger partial charge in [0.2, 0.25) is 0 Å². The van der Waals surface area contributed by atoms with Gasteiger partial charge in [-0.05, 0) is 62.0 Å². The van der Waals surface area contributed by atoms with E-state index in [0.717, 1.165) is 61.8 Å². The summed E-state index contributed by atoms with van der Waals surface area (Å²) in [4.78, 5) is 0. The van der Waals surface area contributed by atoms with Crippen LogP contribution in [-0.2, 0) is 12.0 Å². The zero-order valence-corrected chi connectivity index (χ0v) is 20.2. The summed E-state index contributed by atoms with van der Waals surface area (Å²) in [5.41, 5.74) is 2.15. The van der Waals surface area contributed by atoms with Crippen molar-refractivity contribution in [1.29, 1.82) is 0 Å². The van der Waals surface area contributed by atoms with Gasteiger partial charge in [0.15, 0.2) is 0 Å². The maximum atomic E-state index is 11.4. The number of ether oxygens (including phenoxy) is 1. The molecule has 1 heterocycles. The molecule has 1 aliphatic heterocycles. The summed E-state index contributed by atoms with van der Waals surface area (Å²) in [6.07, 6.45) is 11.9. The summed E-state index contributed by atoms with van der Waals surface area (Å²) >= 11 is 0. The van der Waals surface area contributed by atoms with Gasteiger partial charge in [0.25, 0.3) is 0 Å². The number of hydrogen-bond acceptors (Lipinski definition) is 4. The Morgan fingerprint density at radius 3 is 2.52 bits per heavy atom. The highest BCUT2D eigenvalue weighted by Gasteiger charge is 2.49. The van der Waals surface area contributed by atoms with Crippen molar-refractivity contribution in [2.24, 2.45) is 5.92 Å². The molecule has 0 saturated heterocycles. The van der Waals surface area contributed by atoms with Gasteiger partial charge in [-0.15, -0.1) is 0 Å². The number of aromatic hydroxyl groups is 1. The van der Waals surface area contributed by atoms with Crippen LogP contribution in [0.5, 0.6) is 11.5 Å². The normalized spacial score (nSPS) is 25.6. The Morgan fingerprint density at radius 1 is 1.10 bits per heavy atom. The summed E-state index contributed by atoms with van der Waals surface area (Å²) < 4.78 is 6.70. The van der Waals surface area contributed by atoms with Crippen molar-refractivity contribution >= 4 is 0 Å². The molecule has 2 aliphatic rings. The number of phenols is 1. The van der Waals surface area contributed by atoms with E-state index in [0.29, 0.717) is 11.5 Å². The molecule has 1 fully saturated rings. The van der Waals surface area contributed by atoms with E-state index >= 15 is 0 Å². The summed E-state index contributed by atoms with van der Waals surface area (Å²) in [5.74, 6) is 1.66. The van der Waals surface area contributed by atoms with E-state index in [2.05, 4.69) is 33.8 Å². The average molecular weight is 433 g/mol. The standard InChI is InChI=1S/C27H44O4/c1-5-6-7-10-14-26(2,3)22-17-23-24(25(30)20(22)18-29)19-12-8-9-13-21(19)27(4,31-23)15-11-16-28/h17,19,21,28-30H,5-16,18H2,1-4H3. The van der Waals surface area contributed by atoms with E-state index < -0.39 is 0 Å². The minimum atomic E-state index is -0.323. The molecule has 1 saturated carbocycles. The molecule has 3 rings (SSSR count). The van der Waals surface area contributed by atoms with Gasteiger partial charge < -0.3 is 20.1 Å². The van der Waals surface area contributed by atoms with Gasteiger partial charge in [0.1, 0.15) is 17.1 Å². The van der Waals surface area contributed by atoms with Crippen LogP contribution >= 0.6 is 0 Å². The van der Waals surface area contributed by atoms with Crippen molar-refractivity contribution in [3.05, 3.63) is 22.8 Å². The molecular formula is C27H44O4. The molecule has 176 valence electrons. The highest BCUT2D eigenvalue weighted by atomic mass is 16.5. The fraction of sp³-hybridized carbons (Fsp3) is 0.778. The van der Waals surface area contributed by atoms with Crippen molar-refractivity contribution in [3.8, 4) is 11.5 Å². The second kappa shape index (κ2) is 10.1. The second-order valence-corrected chi connectivity index (χ2v) is 10.8. The van der Waals surface area contributed by atoms with Crippen molar-refractivity contribution in [2.75, 3.05) is 6.61 Å². The first kappa shape index (κ1) is 24.4. The van der Waals surface area contributed by atoms with Crippen molar-refractivity contribution in [3.63, 3.8) is 0 Å². The van der Waals surface area contributed by atoms with Crippen LogP contribution in [0.25, 0.3) is 0 Å². The molecule has 31 heavy (non-hydrogen) atoms. The molecule has 1 aliphatic carbocycles. The van der Waals surface area contributed by atoms with Gasteiger partial charge in [0, 0.05) is 23.7 Å². The fourth-order valence-corrected chi connectivity index (χ4v) is 6.24. The Bertz CT molecular complexity index is 741. The number of benzene rings is 1. The van der Waals surface area contributed by atoms with Gasteiger partial charge in [-0.25, -0.2) is 0 Å². The Hall–Kier alpha value is -1.26. The molecule has 3 unspecified atom stereocenters. The quantitative estimate of drug-likeness (QED) is 0.378. The van der Waals surface area contributed by atoms with Gasteiger partial charge in [-0.1, -0.05) is 59.3 Å². The predicted octanol–water partition coefficient (Wildman–Crippen LogP) is 6.33. The largest absolute Gasteiger partial charge is 0.507 e. The molecule has 0 radical (unpaired) electrons. The topological polar surface area (TPSA) is 69.9 Å². The molecule has 0 bridgehead atoms. The number of fused-ring (bicyclic) bond motifs is 3. The molecule has 0 aromatic heterocycles. The van der Waals surface area contributed by atoms with Crippen LogP contribution in [-0.4, -0.2) is 27.5 Å². The fourth-order valence-electron chi connectivity index (χ4n) is 6.24. The van der Waals surface area contributed by atoms with Crippen LogP contribution in [0.4, 0.5) is 0 Å². The first-order valence-electron chi connectivity index (χ1n) is 12.6. The van der Waals surface area contributed by atoms with E-state index in [9.17, 15) is 15.3 Å². The Morgan fingerprint density at radius 2 is 1.84 bits per heavy atom. The highest BCUT2D eigenvalue weighted by Crippen LogP contribution is 2.57. The first-order chi connectivity index (χ1) is 14.8. The van der Waals surface area contributed by atoms with Gasteiger partial charge in [-0.2, -0.15) is 0 Å². The minimum Gasteiger partial charge on any atom is -0.507 e. The van der Waals surface area contributed by atoms with E-state index in [-0.39, 0.29) is 35.9 Å². The lowest BCUT2D eigenvalue weighted by atomic mass is 9.64. The third kappa shape index (κ3) is 4.90. The third-order valence-corrected chi connectivity index (χ3v) is 8.05. The number of rotatable bonds is 10. The smallest absolute Gasteiger partial charge is 0.128 e. The van der Waals surface area contributed by atoms with Crippen LogP contribution in [0.1, 0.15) is 121 Å². The number of unbranched alkanes of at least 4 members (excludes halogenated alkanes) is 3. The average Bonchev–Trinajstić information content (AvgIpc) is 2.75. The molecule has 1 aromatic rings. The number of hydrogen-bond donors (Lipinski definition) is 3. The molecule has 4 nitrogen and oxygen atoms in total. The van der Waals surface area contributed by atoms with Crippen LogP contribution in [0.2, 0.25) is 0 Å². The summed E-state index contributed by atoms with van der Waals surface area (Å²) in [5, 5.41) is 31.1. The predicted molar refractivity (Wildman–Crippen MR) is 126 cm³/mol. The van der Waals surface area contributed by atoms with Crippen LogP contribution < -0.4 is 4.74 Å². The van der Waals surface area contributed by atoms with Gasteiger partial charge >= 0.3 is 0 Å². The van der Waals surface area contributed by atoms with Crippen molar-refractivity contribution in [2.45, 2.75) is 122 Å². The zero-order chi connectivity index (χ0) is 22.6. The Balaban J connectivity index is 2.03. The van der Waals surface area contributed by atoms with Crippen LogP contribution in [0.3, 0.4) is 0 Å². The molecular weight excluding hydrogens is 388 g/mol. The summed E-state index contributed by atoms with van der Waals surface area (Å²) in [6, 6.07) is 2.13. The summed E-state index contributed by atoms with van der Waals surface area (Å²) in [6.45, 7) is 8.88. The first-order valence-corrected chi connectivity index (χ1v) is 12.6. The SMILES string of the molecule is CCCCCCC(C)(C)c1cc2c(c(O)c1CO)C1CCCCC1C(C)(CCCO)O2. The third-order valence-electron chi connectivity index (χ3n) is 8.05. The maximum absolute atomic E-state index is 11.4. The molecule has 0 amide bonds. The van der Waals surface area contributed by atoms with E-state index in [1.165, 1.54) is 25.7 Å². The van der Waals surface area contributed by atoms with Crippen LogP contribution in [0, 0.1) is 5.92 Å². The molecule has 4 heteroatoms. The number of aliphatic hydroxyl groups excluding tert-OH is 2. The lowest BCUT2D eigenvalue weighted by Gasteiger charge is -2.50. The highest BCUT2D eigenvalue weighted by molar-refractivity contribution is 5.58. The zero-order valence-electron chi connectivity index (χ0n) is 20.2. The second-order valence-electron chi connectivity index (χ2n) is 10.8. The summed E-state index contributed by atoms with van der Waals surface area (Å²) in [7, 11) is 0. The molecule has 3 atom stereocenters. The van der Waals surface area contributed by atoms with Crippen LogP contribution in [0.15, 0.2) is 6.07 Å². The lowest BCUT2D eigenvalue weighted by molar-refractivity contribution is -0.0329. The molecule has 3 N–H and O–H groups in total. The monoisotopic (exact) mass is 432 g/mol. The van der Waals surface area contributed by atoms with Crippen molar-refractivity contribution < 1.29 is 20.1 Å². The molecule has 0 spiro atoms. The van der Waals surface area contributed by atoms with Gasteiger partial charge in [0.05, 0.1) is 6.61 Å². The minimum absolute atomic E-state index is 0.146. The Labute approximate surface area is 189 Å². The van der Waals surface area contributed by atoms with E-state index in [1.807, 2.05) is 0 Å². The van der Waals surface area contributed by atoms with Crippen molar-refractivity contribution in [1.82, 2.24) is 0 Å². The lowest BCUT2D eigenvalue weighted by Crippen LogP contribution is -2.48. The molecule has 1 aromatic carbocycles. The van der Waals surface area contributed by atoms with E-state index in [1.54, 1.807) is 0 Å². The van der Waals surface area contributed by atoms with E-state index in [4.69, 9.17) is 4.74 Å². The number of aliphatic hydroxyl groups is 2. The Kier molecular flexibility index (Phi) is 7.96. The maximum Gasteiger partial charge on any atom is 0.128 e.